The minimum absolute atomic E-state index is 0.202. The standard InChI is InChI=1S/C13H23NOS/c1-11(7-8-14-13(2,3)4)15-10-12-6-5-9-16-12/h5-6,9,11,14H,7-8,10H2,1-4H3. The van der Waals surface area contributed by atoms with Crippen LogP contribution in [0.25, 0.3) is 0 Å². The summed E-state index contributed by atoms with van der Waals surface area (Å²) in [5.74, 6) is 0. The highest BCUT2D eigenvalue weighted by Gasteiger charge is 2.09. The number of hydrogen-bond acceptors (Lipinski definition) is 3. The molecule has 0 saturated heterocycles. The molecule has 0 bridgehead atoms. The van der Waals surface area contributed by atoms with Gasteiger partial charge >= 0.3 is 0 Å². The van der Waals surface area contributed by atoms with Crippen LogP contribution in [0, 0.1) is 0 Å². The van der Waals surface area contributed by atoms with Crippen LogP contribution in [0.1, 0.15) is 39.0 Å². The van der Waals surface area contributed by atoms with Gasteiger partial charge in [-0.1, -0.05) is 6.07 Å². The third kappa shape index (κ3) is 6.26. The first kappa shape index (κ1) is 13.7. The van der Waals surface area contributed by atoms with Gasteiger partial charge in [-0.25, -0.2) is 0 Å². The van der Waals surface area contributed by atoms with Crippen molar-refractivity contribution in [2.24, 2.45) is 0 Å². The van der Waals surface area contributed by atoms with Crippen molar-refractivity contribution in [2.45, 2.75) is 52.4 Å². The summed E-state index contributed by atoms with van der Waals surface area (Å²) in [6, 6.07) is 4.18. The lowest BCUT2D eigenvalue weighted by atomic mass is 10.1. The molecular weight excluding hydrogens is 218 g/mol. The van der Waals surface area contributed by atoms with Crippen molar-refractivity contribution in [1.29, 1.82) is 0 Å². The first-order chi connectivity index (χ1) is 7.47. The van der Waals surface area contributed by atoms with Crippen LogP contribution in [0.5, 0.6) is 0 Å². The van der Waals surface area contributed by atoms with E-state index in [-0.39, 0.29) is 5.54 Å². The van der Waals surface area contributed by atoms with Crippen molar-refractivity contribution in [3.8, 4) is 0 Å². The van der Waals surface area contributed by atoms with Gasteiger partial charge in [-0.3, -0.25) is 0 Å². The Morgan fingerprint density at radius 1 is 1.44 bits per heavy atom. The molecule has 1 N–H and O–H groups in total. The molecule has 0 fully saturated rings. The molecule has 0 aromatic carbocycles. The molecule has 0 radical (unpaired) electrons. The summed E-state index contributed by atoms with van der Waals surface area (Å²) in [7, 11) is 0. The van der Waals surface area contributed by atoms with Crippen LogP contribution in [0.2, 0.25) is 0 Å². The average molecular weight is 241 g/mol. The van der Waals surface area contributed by atoms with Crippen molar-refractivity contribution in [1.82, 2.24) is 5.32 Å². The monoisotopic (exact) mass is 241 g/mol. The molecule has 16 heavy (non-hydrogen) atoms. The summed E-state index contributed by atoms with van der Waals surface area (Å²) >= 11 is 1.75. The second-order valence-electron chi connectivity index (χ2n) is 5.17. The van der Waals surface area contributed by atoms with E-state index in [0.717, 1.165) is 19.6 Å². The molecule has 0 aliphatic rings. The fraction of sp³-hybridized carbons (Fsp3) is 0.692. The first-order valence-corrected chi connectivity index (χ1v) is 6.74. The smallest absolute Gasteiger partial charge is 0.0812 e. The van der Waals surface area contributed by atoms with Gasteiger partial charge in [-0.2, -0.15) is 0 Å². The third-order valence-electron chi connectivity index (χ3n) is 2.30. The van der Waals surface area contributed by atoms with Gasteiger partial charge in [-0.05, 0) is 52.1 Å². The highest BCUT2D eigenvalue weighted by atomic mass is 32.1. The largest absolute Gasteiger partial charge is 0.373 e. The molecule has 1 atom stereocenters. The highest BCUT2D eigenvalue weighted by Crippen LogP contribution is 2.11. The lowest BCUT2D eigenvalue weighted by molar-refractivity contribution is 0.0484. The summed E-state index contributed by atoms with van der Waals surface area (Å²) < 4.78 is 5.77. The zero-order valence-corrected chi connectivity index (χ0v) is 11.6. The van der Waals surface area contributed by atoms with Crippen LogP contribution in [-0.4, -0.2) is 18.2 Å². The van der Waals surface area contributed by atoms with Crippen LogP contribution >= 0.6 is 11.3 Å². The van der Waals surface area contributed by atoms with E-state index in [0.29, 0.717) is 6.10 Å². The molecule has 0 amide bonds. The molecule has 0 aliphatic carbocycles. The van der Waals surface area contributed by atoms with Crippen LogP contribution in [0.15, 0.2) is 17.5 Å². The Balaban J connectivity index is 2.09. The van der Waals surface area contributed by atoms with Gasteiger partial charge in [0.2, 0.25) is 0 Å². The van der Waals surface area contributed by atoms with E-state index in [9.17, 15) is 0 Å². The van der Waals surface area contributed by atoms with Crippen molar-refractivity contribution < 1.29 is 4.74 Å². The van der Waals surface area contributed by atoms with Gasteiger partial charge in [0.25, 0.3) is 0 Å². The second kappa shape index (κ2) is 6.38. The molecule has 3 heteroatoms. The van der Waals surface area contributed by atoms with E-state index >= 15 is 0 Å². The molecule has 2 nitrogen and oxygen atoms in total. The van der Waals surface area contributed by atoms with Crippen LogP contribution in [-0.2, 0) is 11.3 Å². The predicted molar refractivity (Wildman–Crippen MR) is 70.9 cm³/mol. The zero-order valence-electron chi connectivity index (χ0n) is 10.7. The van der Waals surface area contributed by atoms with Crippen molar-refractivity contribution in [3.63, 3.8) is 0 Å². The number of nitrogens with one attached hydrogen (secondary N) is 1. The molecule has 1 aromatic rings. The number of hydrogen-bond donors (Lipinski definition) is 1. The fourth-order valence-corrected chi connectivity index (χ4v) is 1.98. The molecule has 1 rings (SSSR count). The quantitative estimate of drug-likeness (QED) is 0.824. The van der Waals surface area contributed by atoms with E-state index < -0.39 is 0 Å². The van der Waals surface area contributed by atoms with Gasteiger partial charge in [0.1, 0.15) is 0 Å². The lowest BCUT2D eigenvalue weighted by Gasteiger charge is -2.22. The summed E-state index contributed by atoms with van der Waals surface area (Å²) in [6.45, 7) is 10.4. The van der Waals surface area contributed by atoms with E-state index in [1.807, 2.05) is 0 Å². The zero-order chi connectivity index (χ0) is 12.0. The van der Waals surface area contributed by atoms with Crippen molar-refractivity contribution in [2.75, 3.05) is 6.54 Å². The maximum absolute atomic E-state index is 5.77. The number of ether oxygens (including phenoxy) is 1. The molecule has 1 aromatic heterocycles. The predicted octanol–water partition coefficient (Wildman–Crippen LogP) is 3.43. The molecule has 1 heterocycles. The Bertz CT molecular complexity index is 277. The van der Waals surface area contributed by atoms with Crippen LogP contribution in [0.3, 0.4) is 0 Å². The van der Waals surface area contributed by atoms with Crippen LogP contribution < -0.4 is 5.32 Å². The fourth-order valence-electron chi connectivity index (χ4n) is 1.35. The minimum Gasteiger partial charge on any atom is -0.373 e. The Hall–Kier alpha value is -0.380. The summed E-state index contributed by atoms with van der Waals surface area (Å²) in [6.07, 6.45) is 1.37. The molecule has 0 spiro atoms. The van der Waals surface area contributed by atoms with E-state index in [1.54, 1.807) is 11.3 Å². The van der Waals surface area contributed by atoms with Gasteiger partial charge in [0.05, 0.1) is 12.7 Å². The Kier molecular flexibility index (Phi) is 5.46. The molecule has 0 aliphatic heterocycles. The Morgan fingerprint density at radius 2 is 2.19 bits per heavy atom. The van der Waals surface area contributed by atoms with Gasteiger partial charge in [0, 0.05) is 10.4 Å². The molecule has 92 valence electrons. The van der Waals surface area contributed by atoms with Gasteiger partial charge < -0.3 is 10.1 Å². The number of rotatable bonds is 6. The molecule has 1 unspecified atom stereocenters. The highest BCUT2D eigenvalue weighted by molar-refractivity contribution is 7.09. The SMILES string of the molecule is CC(CCNC(C)(C)C)OCc1cccs1. The first-order valence-electron chi connectivity index (χ1n) is 5.86. The maximum Gasteiger partial charge on any atom is 0.0812 e. The van der Waals surface area contributed by atoms with Crippen molar-refractivity contribution >= 4 is 11.3 Å². The summed E-state index contributed by atoms with van der Waals surface area (Å²) in [4.78, 5) is 1.30. The minimum atomic E-state index is 0.202. The Labute approximate surface area is 103 Å². The van der Waals surface area contributed by atoms with E-state index in [2.05, 4.69) is 50.5 Å². The van der Waals surface area contributed by atoms with Gasteiger partial charge in [0.15, 0.2) is 0 Å². The normalized spacial score (nSPS) is 14.0. The van der Waals surface area contributed by atoms with E-state index in [4.69, 9.17) is 4.74 Å². The Morgan fingerprint density at radius 3 is 2.75 bits per heavy atom. The number of thiophene rings is 1. The third-order valence-corrected chi connectivity index (χ3v) is 3.15. The lowest BCUT2D eigenvalue weighted by Crippen LogP contribution is -2.37. The average Bonchev–Trinajstić information content (AvgIpc) is 2.65. The van der Waals surface area contributed by atoms with Gasteiger partial charge in [-0.15, -0.1) is 11.3 Å². The maximum atomic E-state index is 5.77. The summed E-state index contributed by atoms with van der Waals surface area (Å²) in [5, 5.41) is 5.56. The van der Waals surface area contributed by atoms with Crippen molar-refractivity contribution in [3.05, 3.63) is 22.4 Å². The second-order valence-corrected chi connectivity index (χ2v) is 6.20. The van der Waals surface area contributed by atoms with E-state index in [1.165, 1.54) is 4.88 Å². The molecular formula is C13H23NOS. The van der Waals surface area contributed by atoms with Crippen LogP contribution in [0.4, 0.5) is 0 Å². The summed E-state index contributed by atoms with van der Waals surface area (Å²) in [5.41, 5.74) is 0.202. The molecule has 0 saturated carbocycles. The topological polar surface area (TPSA) is 21.3 Å².